The summed E-state index contributed by atoms with van der Waals surface area (Å²) in [6, 6.07) is 0.928. The Morgan fingerprint density at radius 3 is 2.24 bits per heavy atom. The molecule has 21 heavy (non-hydrogen) atoms. The van der Waals surface area contributed by atoms with Crippen LogP contribution in [0.1, 0.15) is 5.56 Å². The van der Waals surface area contributed by atoms with Gasteiger partial charge in [-0.3, -0.25) is 0 Å². The standard InChI is InChI=1S/C10H9F4NO4S2/c11-7-2-1-3-8(9(7)10(12,13)14)21(18,19)15-6-4-20(16,17)5-6/h1-3,6,15H,4-5H2. The molecular formula is C10H9F4NO4S2. The van der Waals surface area contributed by atoms with Crippen molar-refractivity contribution in [2.75, 3.05) is 11.5 Å². The fourth-order valence-corrected chi connectivity index (χ4v) is 4.90. The highest BCUT2D eigenvalue weighted by Crippen LogP contribution is 2.36. The van der Waals surface area contributed by atoms with E-state index in [1.807, 2.05) is 4.72 Å². The minimum Gasteiger partial charge on any atom is -0.229 e. The SMILES string of the molecule is O=S1(=O)CC(NS(=O)(=O)c2cccc(F)c2C(F)(F)F)C1. The topological polar surface area (TPSA) is 80.3 Å². The number of hydrogen-bond donors (Lipinski definition) is 1. The van der Waals surface area contributed by atoms with E-state index in [1.54, 1.807) is 0 Å². The van der Waals surface area contributed by atoms with Gasteiger partial charge in [-0.05, 0) is 12.1 Å². The molecule has 11 heteroatoms. The van der Waals surface area contributed by atoms with E-state index in [0.717, 1.165) is 6.07 Å². The van der Waals surface area contributed by atoms with Crippen LogP contribution in [0, 0.1) is 5.82 Å². The average molecular weight is 347 g/mol. The van der Waals surface area contributed by atoms with Crippen LogP contribution in [-0.4, -0.2) is 34.4 Å². The molecule has 1 saturated heterocycles. The van der Waals surface area contributed by atoms with Gasteiger partial charge in [0.05, 0.1) is 16.4 Å². The lowest BCUT2D eigenvalue weighted by Crippen LogP contribution is -2.53. The molecular weight excluding hydrogens is 338 g/mol. The van der Waals surface area contributed by atoms with E-state index in [-0.39, 0.29) is 0 Å². The summed E-state index contributed by atoms with van der Waals surface area (Å²) >= 11 is 0. The van der Waals surface area contributed by atoms with Crippen LogP contribution < -0.4 is 4.72 Å². The Morgan fingerprint density at radius 2 is 1.76 bits per heavy atom. The number of sulfonamides is 1. The Morgan fingerprint density at radius 1 is 1.19 bits per heavy atom. The quantitative estimate of drug-likeness (QED) is 0.825. The fourth-order valence-electron chi connectivity index (χ4n) is 1.92. The van der Waals surface area contributed by atoms with E-state index < -0.39 is 59.9 Å². The summed E-state index contributed by atoms with van der Waals surface area (Å²) in [5, 5.41) is 0. The highest BCUT2D eigenvalue weighted by atomic mass is 32.2. The van der Waals surface area contributed by atoms with Gasteiger partial charge in [0, 0.05) is 6.04 Å². The van der Waals surface area contributed by atoms with Crippen LogP contribution in [0.2, 0.25) is 0 Å². The lowest BCUT2D eigenvalue weighted by molar-refractivity contribution is -0.142. The van der Waals surface area contributed by atoms with Gasteiger partial charge in [-0.15, -0.1) is 0 Å². The molecule has 1 aromatic rings. The van der Waals surface area contributed by atoms with Gasteiger partial charge in [-0.25, -0.2) is 25.9 Å². The van der Waals surface area contributed by atoms with E-state index >= 15 is 0 Å². The second-order valence-electron chi connectivity index (χ2n) is 4.51. The summed E-state index contributed by atoms with van der Waals surface area (Å²) in [5.74, 6) is -2.71. The van der Waals surface area contributed by atoms with Crippen molar-refractivity contribution >= 4 is 19.9 Å². The van der Waals surface area contributed by atoms with Crippen LogP contribution >= 0.6 is 0 Å². The first-order valence-corrected chi connectivity index (χ1v) is 8.81. The molecule has 0 bridgehead atoms. The predicted octanol–water partition coefficient (Wildman–Crippen LogP) is 0.920. The van der Waals surface area contributed by atoms with Gasteiger partial charge < -0.3 is 0 Å². The first-order valence-electron chi connectivity index (χ1n) is 5.51. The minimum atomic E-state index is -5.19. The lowest BCUT2D eigenvalue weighted by atomic mass is 10.2. The normalized spacial score (nSPS) is 19.2. The lowest BCUT2D eigenvalue weighted by Gasteiger charge is -2.26. The first kappa shape index (κ1) is 16.2. The number of sulfone groups is 1. The molecule has 1 fully saturated rings. The van der Waals surface area contributed by atoms with Crippen molar-refractivity contribution in [2.24, 2.45) is 0 Å². The Labute approximate surface area is 117 Å². The van der Waals surface area contributed by atoms with Crippen LogP contribution in [0.15, 0.2) is 23.1 Å². The molecule has 118 valence electrons. The van der Waals surface area contributed by atoms with Crippen molar-refractivity contribution in [3.63, 3.8) is 0 Å². The molecule has 0 saturated carbocycles. The van der Waals surface area contributed by atoms with Crippen LogP contribution in [0.4, 0.5) is 17.6 Å². The summed E-state index contributed by atoms with van der Waals surface area (Å²) < 4.78 is 99.1. The summed E-state index contributed by atoms with van der Waals surface area (Å²) in [6.45, 7) is 0. The second-order valence-corrected chi connectivity index (χ2v) is 8.34. The third kappa shape index (κ3) is 3.35. The zero-order valence-corrected chi connectivity index (χ0v) is 11.8. The molecule has 0 unspecified atom stereocenters. The average Bonchev–Trinajstić information content (AvgIpc) is 2.23. The largest absolute Gasteiger partial charge is 0.420 e. The third-order valence-corrected chi connectivity index (χ3v) is 6.16. The van der Waals surface area contributed by atoms with E-state index in [4.69, 9.17) is 0 Å². The molecule has 0 amide bonds. The Hall–Kier alpha value is -1.20. The number of benzene rings is 1. The highest BCUT2D eigenvalue weighted by Gasteiger charge is 2.42. The first-order chi connectivity index (χ1) is 9.42. The fraction of sp³-hybridized carbons (Fsp3) is 0.400. The maximum absolute atomic E-state index is 13.3. The van der Waals surface area contributed by atoms with E-state index in [2.05, 4.69) is 0 Å². The highest BCUT2D eigenvalue weighted by molar-refractivity contribution is 7.93. The maximum atomic E-state index is 13.3. The molecule has 0 aliphatic carbocycles. The monoisotopic (exact) mass is 347 g/mol. The van der Waals surface area contributed by atoms with Crippen molar-refractivity contribution in [1.29, 1.82) is 0 Å². The summed E-state index contributed by atoms with van der Waals surface area (Å²) in [4.78, 5) is -1.26. The summed E-state index contributed by atoms with van der Waals surface area (Å²) in [6.07, 6.45) is -5.19. The van der Waals surface area contributed by atoms with Gasteiger partial charge >= 0.3 is 6.18 Å². The molecule has 5 nitrogen and oxygen atoms in total. The van der Waals surface area contributed by atoms with Gasteiger partial charge in [0.15, 0.2) is 9.84 Å². The van der Waals surface area contributed by atoms with Gasteiger partial charge in [0.2, 0.25) is 10.0 Å². The number of alkyl halides is 3. The van der Waals surface area contributed by atoms with Gasteiger partial charge in [0.1, 0.15) is 11.4 Å². The molecule has 1 aromatic carbocycles. The number of halogens is 4. The van der Waals surface area contributed by atoms with E-state index in [0.29, 0.717) is 12.1 Å². The van der Waals surface area contributed by atoms with Crippen molar-refractivity contribution in [3.05, 3.63) is 29.6 Å². The molecule has 0 radical (unpaired) electrons. The van der Waals surface area contributed by atoms with Crippen LogP contribution in [0.5, 0.6) is 0 Å². The second kappa shape index (κ2) is 4.92. The molecule has 1 aliphatic heterocycles. The minimum absolute atomic E-state index is 0.496. The third-order valence-electron chi connectivity index (χ3n) is 2.78. The number of rotatable bonds is 3. The molecule has 1 aliphatic rings. The van der Waals surface area contributed by atoms with Crippen molar-refractivity contribution in [3.8, 4) is 0 Å². The zero-order valence-electron chi connectivity index (χ0n) is 10.2. The van der Waals surface area contributed by atoms with Crippen molar-refractivity contribution in [2.45, 2.75) is 17.1 Å². The van der Waals surface area contributed by atoms with Crippen LogP contribution in [0.3, 0.4) is 0 Å². The Balaban J connectivity index is 2.40. The molecule has 0 aromatic heterocycles. The summed E-state index contributed by atoms with van der Waals surface area (Å²) in [5.41, 5.74) is -1.90. The Kier molecular flexibility index (Phi) is 3.79. The number of hydrogen-bond acceptors (Lipinski definition) is 4. The number of nitrogens with one attached hydrogen (secondary N) is 1. The van der Waals surface area contributed by atoms with Gasteiger partial charge in [0.25, 0.3) is 0 Å². The van der Waals surface area contributed by atoms with E-state index in [1.165, 1.54) is 0 Å². The van der Waals surface area contributed by atoms with Crippen molar-refractivity contribution < 1.29 is 34.4 Å². The van der Waals surface area contributed by atoms with Crippen LogP contribution in [-0.2, 0) is 26.0 Å². The predicted molar refractivity (Wildman–Crippen MR) is 64.2 cm³/mol. The smallest absolute Gasteiger partial charge is 0.229 e. The van der Waals surface area contributed by atoms with Crippen LogP contribution in [0.25, 0.3) is 0 Å². The zero-order chi connectivity index (χ0) is 16.1. The molecule has 0 atom stereocenters. The molecule has 0 spiro atoms. The van der Waals surface area contributed by atoms with Crippen molar-refractivity contribution in [1.82, 2.24) is 4.72 Å². The maximum Gasteiger partial charge on any atom is 0.420 e. The van der Waals surface area contributed by atoms with Gasteiger partial charge in [-0.1, -0.05) is 6.07 Å². The molecule has 2 rings (SSSR count). The molecule has 1 heterocycles. The van der Waals surface area contributed by atoms with E-state index in [9.17, 15) is 34.4 Å². The molecule has 1 N–H and O–H groups in total. The Bertz CT molecular complexity index is 759. The summed E-state index contributed by atoms with van der Waals surface area (Å²) in [7, 11) is -8.04. The van der Waals surface area contributed by atoms with Gasteiger partial charge in [-0.2, -0.15) is 13.2 Å².